The summed E-state index contributed by atoms with van der Waals surface area (Å²) >= 11 is 0. The van der Waals surface area contributed by atoms with Crippen LogP contribution in [-0.4, -0.2) is 16.5 Å². The van der Waals surface area contributed by atoms with E-state index in [1.807, 2.05) is 0 Å². The molecule has 98 valence electrons. The molecule has 1 aromatic rings. The zero-order chi connectivity index (χ0) is 12.6. The summed E-state index contributed by atoms with van der Waals surface area (Å²) in [5, 5.41) is 3.45. The van der Waals surface area contributed by atoms with Crippen LogP contribution < -0.4 is 5.32 Å². The fraction of sp³-hybridized carbons (Fsp3) is 0.733. The van der Waals surface area contributed by atoms with E-state index in [9.17, 15) is 0 Å². The van der Waals surface area contributed by atoms with Crippen molar-refractivity contribution in [3.8, 4) is 0 Å². The van der Waals surface area contributed by atoms with E-state index in [-0.39, 0.29) is 5.41 Å². The first-order valence-corrected chi connectivity index (χ1v) is 7.37. The van der Waals surface area contributed by atoms with Crippen molar-refractivity contribution >= 4 is 5.82 Å². The van der Waals surface area contributed by atoms with Gasteiger partial charge < -0.3 is 5.32 Å². The minimum Gasteiger partial charge on any atom is -0.370 e. The summed E-state index contributed by atoms with van der Waals surface area (Å²) in [6, 6.07) is 0. The maximum atomic E-state index is 4.90. The van der Waals surface area contributed by atoms with Crippen LogP contribution in [0, 0.1) is 0 Å². The Balaban J connectivity index is 2.04. The second-order valence-corrected chi connectivity index (χ2v) is 5.97. The average Bonchev–Trinajstić information content (AvgIpc) is 3.13. The Hall–Kier alpha value is -1.12. The molecule has 0 aromatic carbocycles. The number of hydrogen-bond acceptors (Lipinski definition) is 3. The van der Waals surface area contributed by atoms with Gasteiger partial charge >= 0.3 is 0 Å². The molecule has 1 fully saturated rings. The Morgan fingerprint density at radius 1 is 1.11 bits per heavy atom. The van der Waals surface area contributed by atoms with Crippen LogP contribution in [0.1, 0.15) is 63.0 Å². The molecule has 1 saturated carbocycles. The first kappa shape index (κ1) is 11.9. The Labute approximate surface area is 109 Å². The van der Waals surface area contributed by atoms with Crippen LogP contribution in [0.15, 0.2) is 0 Å². The molecule has 3 heteroatoms. The van der Waals surface area contributed by atoms with E-state index >= 15 is 0 Å². The predicted molar refractivity (Wildman–Crippen MR) is 74.0 cm³/mol. The Morgan fingerprint density at radius 3 is 2.61 bits per heavy atom. The van der Waals surface area contributed by atoms with E-state index in [0.29, 0.717) is 0 Å². The van der Waals surface area contributed by atoms with Gasteiger partial charge in [0.1, 0.15) is 11.6 Å². The van der Waals surface area contributed by atoms with Crippen molar-refractivity contribution in [1.29, 1.82) is 0 Å². The first-order valence-electron chi connectivity index (χ1n) is 7.37. The van der Waals surface area contributed by atoms with Gasteiger partial charge in [-0.2, -0.15) is 0 Å². The summed E-state index contributed by atoms with van der Waals surface area (Å²) in [5.74, 6) is 2.20. The normalized spacial score (nSPS) is 21.0. The van der Waals surface area contributed by atoms with Gasteiger partial charge in [-0.3, -0.25) is 0 Å². The van der Waals surface area contributed by atoms with Crippen molar-refractivity contribution in [3.63, 3.8) is 0 Å². The minimum absolute atomic E-state index is 0.269. The highest BCUT2D eigenvalue weighted by Crippen LogP contribution is 2.46. The molecule has 0 saturated heterocycles. The fourth-order valence-electron chi connectivity index (χ4n) is 2.77. The van der Waals surface area contributed by atoms with Gasteiger partial charge in [0.2, 0.25) is 0 Å². The van der Waals surface area contributed by atoms with Crippen LogP contribution in [0.5, 0.6) is 0 Å². The van der Waals surface area contributed by atoms with Gasteiger partial charge in [-0.1, -0.05) is 13.3 Å². The summed E-state index contributed by atoms with van der Waals surface area (Å²) in [4.78, 5) is 9.73. The standard InChI is InChI=1S/C15H23N3/c1-3-16-13-11-7-5-4-6-8-12(11)17-14(18-13)15(2)9-10-15/h3-10H2,1-2H3,(H,16,17,18). The highest BCUT2D eigenvalue weighted by molar-refractivity contribution is 5.48. The maximum Gasteiger partial charge on any atom is 0.136 e. The van der Waals surface area contributed by atoms with Crippen molar-refractivity contribution in [2.75, 3.05) is 11.9 Å². The van der Waals surface area contributed by atoms with Crippen LogP contribution in [0.25, 0.3) is 0 Å². The fourth-order valence-corrected chi connectivity index (χ4v) is 2.77. The maximum absolute atomic E-state index is 4.90. The number of aryl methyl sites for hydroxylation is 1. The molecule has 0 atom stereocenters. The highest BCUT2D eigenvalue weighted by Gasteiger charge is 2.42. The number of nitrogens with zero attached hydrogens (tertiary/aromatic N) is 2. The molecule has 0 unspecified atom stereocenters. The van der Waals surface area contributed by atoms with Crippen LogP contribution in [-0.2, 0) is 18.3 Å². The second-order valence-electron chi connectivity index (χ2n) is 5.97. The number of aromatic nitrogens is 2. The zero-order valence-corrected chi connectivity index (χ0v) is 11.6. The van der Waals surface area contributed by atoms with Gasteiger partial charge in [0.25, 0.3) is 0 Å². The smallest absolute Gasteiger partial charge is 0.136 e. The van der Waals surface area contributed by atoms with Crippen LogP contribution in [0.4, 0.5) is 5.82 Å². The molecule has 1 aromatic heterocycles. The number of hydrogen-bond donors (Lipinski definition) is 1. The quantitative estimate of drug-likeness (QED) is 0.831. The summed E-state index contributed by atoms with van der Waals surface area (Å²) < 4.78 is 0. The van der Waals surface area contributed by atoms with Crippen LogP contribution in [0.3, 0.4) is 0 Å². The lowest BCUT2D eigenvalue weighted by Crippen LogP contribution is -2.15. The van der Waals surface area contributed by atoms with Crippen molar-refractivity contribution in [3.05, 3.63) is 17.1 Å². The molecule has 1 N–H and O–H groups in total. The molecule has 0 spiro atoms. The molecule has 1 heterocycles. The van der Waals surface area contributed by atoms with E-state index in [4.69, 9.17) is 9.97 Å². The summed E-state index contributed by atoms with van der Waals surface area (Å²) in [6.45, 7) is 5.38. The molecule has 0 aliphatic heterocycles. The van der Waals surface area contributed by atoms with Gasteiger partial charge in [0.15, 0.2) is 0 Å². The summed E-state index contributed by atoms with van der Waals surface area (Å²) in [7, 11) is 0. The van der Waals surface area contributed by atoms with Crippen molar-refractivity contribution in [2.45, 2.75) is 64.2 Å². The molecule has 0 bridgehead atoms. The van der Waals surface area contributed by atoms with Gasteiger partial charge in [0, 0.05) is 23.2 Å². The van der Waals surface area contributed by atoms with E-state index in [1.165, 1.54) is 43.4 Å². The topological polar surface area (TPSA) is 37.8 Å². The number of rotatable bonds is 3. The largest absolute Gasteiger partial charge is 0.370 e. The third-order valence-corrected chi connectivity index (χ3v) is 4.32. The second kappa shape index (κ2) is 4.52. The van der Waals surface area contributed by atoms with Crippen LogP contribution in [0.2, 0.25) is 0 Å². The van der Waals surface area contributed by atoms with E-state index in [2.05, 4.69) is 19.2 Å². The summed E-state index contributed by atoms with van der Waals surface area (Å²) in [5.41, 5.74) is 2.98. The van der Waals surface area contributed by atoms with E-state index in [1.54, 1.807) is 0 Å². The molecule has 0 radical (unpaired) electrons. The van der Waals surface area contributed by atoms with E-state index in [0.717, 1.165) is 31.0 Å². The Morgan fingerprint density at radius 2 is 1.89 bits per heavy atom. The molecule has 0 amide bonds. The lowest BCUT2D eigenvalue weighted by atomic mass is 10.1. The molecule has 2 aliphatic rings. The highest BCUT2D eigenvalue weighted by atomic mass is 15.0. The molecule has 2 aliphatic carbocycles. The summed E-state index contributed by atoms with van der Waals surface area (Å²) in [6.07, 6.45) is 8.67. The molecule has 3 rings (SSSR count). The first-order chi connectivity index (χ1) is 8.73. The van der Waals surface area contributed by atoms with E-state index < -0.39 is 0 Å². The lowest BCUT2D eigenvalue weighted by Gasteiger charge is -2.16. The molecule has 3 nitrogen and oxygen atoms in total. The van der Waals surface area contributed by atoms with Gasteiger partial charge in [-0.25, -0.2) is 9.97 Å². The zero-order valence-electron chi connectivity index (χ0n) is 11.6. The minimum atomic E-state index is 0.269. The van der Waals surface area contributed by atoms with Gasteiger partial charge in [-0.15, -0.1) is 0 Å². The lowest BCUT2D eigenvalue weighted by molar-refractivity contribution is 0.686. The van der Waals surface area contributed by atoms with Crippen molar-refractivity contribution in [2.24, 2.45) is 0 Å². The van der Waals surface area contributed by atoms with Crippen molar-refractivity contribution < 1.29 is 0 Å². The number of anilines is 1. The predicted octanol–water partition coefficient (Wildman–Crippen LogP) is 3.23. The van der Waals surface area contributed by atoms with Crippen LogP contribution >= 0.6 is 0 Å². The number of nitrogens with one attached hydrogen (secondary N) is 1. The SMILES string of the molecule is CCNc1nc(C2(C)CC2)nc2c1CCCCC2. The Kier molecular flexibility index (Phi) is 3.00. The average molecular weight is 245 g/mol. The third-order valence-electron chi connectivity index (χ3n) is 4.32. The molecular weight excluding hydrogens is 222 g/mol. The monoisotopic (exact) mass is 245 g/mol. The Bertz CT molecular complexity index is 449. The van der Waals surface area contributed by atoms with Gasteiger partial charge in [-0.05, 0) is 45.4 Å². The molecular formula is C15H23N3. The molecule has 18 heavy (non-hydrogen) atoms. The van der Waals surface area contributed by atoms with Crippen molar-refractivity contribution in [1.82, 2.24) is 9.97 Å². The third kappa shape index (κ3) is 2.11. The number of fused-ring (bicyclic) bond motifs is 1. The van der Waals surface area contributed by atoms with Gasteiger partial charge in [0.05, 0.1) is 0 Å².